The van der Waals surface area contributed by atoms with Crippen LogP contribution in [0.4, 0.5) is 0 Å². The zero-order chi connectivity index (χ0) is 10.1. The smallest absolute Gasteiger partial charge is 0.183 e. The molecule has 0 amide bonds. The number of hydrogen-bond acceptors (Lipinski definition) is 2. The van der Waals surface area contributed by atoms with Crippen molar-refractivity contribution in [2.45, 2.75) is 23.5 Å². The lowest BCUT2D eigenvalue weighted by molar-refractivity contribution is 0.571. The summed E-state index contributed by atoms with van der Waals surface area (Å²) in [6.45, 7) is 6.82. The molecule has 2 nitrogen and oxygen atoms in total. The Labute approximate surface area is 79.5 Å². The molecule has 0 atom stereocenters. The first-order valence-corrected chi connectivity index (χ1v) is 5.49. The summed E-state index contributed by atoms with van der Waals surface area (Å²) in [6, 6.07) is 8.37. The number of sulfone groups is 1. The van der Waals surface area contributed by atoms with Gasteiger partial charge >= 0.3 is 0 Å². The van der Waals surface area contributed by atoms with Crippen molar-refractivity contribution in [3.05, 3.63) is 37.3 Å². The molecule has 0 aliphatic heterocycles. The zero-order valence-electron chi connectivity index (χ0n) is 7.82. The second-order valence-electron chi connectivity index (χ2n) is 3.58. The number of hydrogen-bond donors (Lipinski definition) is 0. The highest BCUT2D eigenvalue weighted by Crippen LogP contribution is 2.23. The Balaban J connectivity index is 3.26. The highest BCUT2D eigenvalue weighted by Gasteiger charge is 2.30. The Bertz CT molecular complexity index is 371. The Morgan fingerprint density at radius 1 is 1.15 bits per heavy atom. The van der Waals surface area contributed by atoms with Gasteiger partial charge in [0, 0.05) is 0 Å². The molecule has 0 aromatic heterocycles. The van der Waals surface area contributed by atoms with E-state index < -0.39 is 14.6 Å². The second-order valence-corrected chi connectivity index (χ2v) is 6.16. The maximum absolute atomic E-state index is 11.8. The molecule has 0 unspecified atom stereocenters. The van der Waals surface area contributed by atoms with Crippen LogP contribution >= 0.6 is 0 Å². The van der Waals surface area contributed by atoms with Crippen molar-refractivity contribution in [1.29, 1.82) is 0 Å². The van der Waals surface area contributed by atoms with Crippen molar-refractivity contribution in [3.63, 3.8) is 0 Å². The van der Waals surface area contributed by atoms with Crippen LogP contribution < -0.4 is 0 Å². The van der Waals surface area contributed by atoms with Crippen molar-refractivity contribution in [1.82, 2.24) is 0 Å². The van der Waals surface area contributed by atoms with Gasteiger partial charge in [-0.05, 0) is 32.9 Å². The van der Waals surface area contributed by atoms with Crippen molar-refractivity contribution in [2.24, 2.45) is 0 Å². The van der Waals surface area contributed by atoms with Gasteiger partial charge in [0.25, 0.3) is 0 Å². The van der Waals surface area contributed by atoms with Crippen LogP contribution in [0.3, 0.4) is 0 Å². The van der Waals surface area contributed by atoms with Crippen molar-refractivity contribution in [2.75, 3.05) is 0 Å². The maximum atomic E-state index is 11.8. The van der Waals surface area contributed by atoms with E-state index in [2.05, 4.69) is 6.92 Å². The summed E-state index contributed by atoms with van der Waals surface area (Å²) in [5.74, 6) is 0. The van der Waals surface area contributed by atoms with Crippen LogP contribution in [0.25, 0.3) is 0 Å². The quantitative estimate of drug-likeness (QED) is 0.727. The molecule has 71 valence electrons. The molecule has 0 saturated carbocycles. The van der Waals surface area contributed by atoms with E-state index in [0.717, 1.165) is 0 Å². The fraction of sp³-hybridized carbons (Fsp3) is 0.300. The second kappa shape index (κ2) is 3.14. The van der Waals surface area contributed by atoms with Gasteiger partial charge in [-0.15, -0.1) is 0 Å². The van der Waals surface area contributed by atoms with Gasteiger partial charge in [0.1, 0.15) is 0 Å². The predicted molar refractivity (Wildman–Crippen MR) is 53.1 cm³/mol. The van der Waals surface area contributed by atoms with E-state index in [1.54, 1.807) is 44.2 Å². The van der Waals surface area contributed by atoms with Gasteiger partial charge in [-0.25, -0.2) is 8.42 Å². The third-order valence-electron chi connectivity index (χ3n) is 1.78. The lowest BCUT2D eigenvalue weighted by atomic mass is 10.3. The molecule has 1 aromatic rings. The minimum absolute atomic E-state index is 0.329. The van der Waals surface area contributed by atoms with Crippen LogP contribution in [-0.2, 0) is 9.84 Å². The Morgan fingerprint density at radius 2 is 1.62 bits per heavy atom. The molecule has 1 aromatic carbocycles. The van der Waals surface area contributed by atoms with Gasteiger partial charge in [0.2, 0.25) is 0 Å². The summed E-state index contributed by atoms with van der Waals surface area (Å²) < 4.78 is 22.6. The molecular formula is C10H13O2S. The first kappa shape index (κ1) is 10.3. The van der Waals surface area contributed by atoms with E-state index in [1.807, 2.05) is 0 Å². The summed E-state index contributed by atoms with van der Waals surface area (Å²) in [5.41, 5.74) is 0. The molecule has 0 aliphatic rings. The molecule has 0 fully saturated rings. The summed E-state index contributed by atoms with van der Waals surface area (Å²) in [7, 11) is -3.29. The van der Waals surface area contributed by atoms with Crippen LogP contribution in [-0.4, -0.2) is 13.2 Å². The fourth-order valence-corrected chi connectivity index (χ4v) is 2.07. The molecular weight excluding hydrogens is 184 g/mol. The van der Waals surface area contributed by atoms with Crippen LogP contribution in [0.2, 0.25) is 0 Å². The summed E-state index contributed by atoms with van der Waals surface area (Å²) in [4.78, 5) is 0.329. The lowest BCUT2D eigenvalue weighted by Crippen LogP contribution is -2.28. The third kappa shape index (κ3) is 1.91. The van der Waals surface area contributed by atoms with Crippen molar-refractivity contribution >= 4 is 9.84 Å². The van der Waals surface area contributed by atoms with Crippen molar-refractivity contribution in [3.8, 4) is 0 Å². The molecule has 0 spiro atoms. The highest BCUT2D eigenvalue weighted by atomic mass is 32.2. The summed E-state index contributed by atoms with van der Waals surface area (Å²) in [6.07, 6.45) is 0. The minimum Gasteiger partial charge on any atom is -0.223 e. The van der Waals surface area contributed by atoms with Crippen LogP contribution in [0.5, 0.6) is 0 Å². The molecule has 1 rings (SSSR count). The maximum Gasteiger partial charge on any atom is 0.183 e. The van der Waals surface area contributed by atoms with E-state index >= 15 is 0 Å². The van der Waals surface area contributed by atoms with Gasteiger partial charge in [0.05, 0.1) is 9.64 Å². The topological polar surface area (TPSA) is 34.1 Å². The Hall–Kier alpha value is -0.830. The first-order chi connectivity index (χ1) is 5.86. The zero-order valence-corrected chi connectivity index (χ0v) is 8.64. The van der Waals surface area contributed by atoms with E-state index in [-0.39, 0.29) is 0 Å². The van der Waals surface area contributed by atoms with E-state index in [4.69, 9.17) is 0 Å². The van der Waals surface area contributed by atoms with Gasteiger partial charge < -0.3 is 0 Å². The largest absolute Gasteiger partial charge is 0.223 e. The molecule has 1 radical (unpaired) electrons. The molecule has 13 heavy (non-hydrogen) atoms. The average Bonchev–Trinajstić information content (AvgIpc) is 2.04. The first-order valence-electron chi connectivity index (χ1n) is 4.01. The van der Waals surface area contributed by atoms with Crippen LogP contribution in [0.15, 0.2) is 35.2 Å². The molecule has 0 N–H and O–H groups in total. The standard InChI is InChI=1S/C10H13O2S/c1-10(2,3)13(11,12)9-7-5-4-6-8-9/h4-8H,1H2,2-3H3. The highest BCUT2D eigenvalue weighted by molar-refractivity contribution is 7.92. The number of benzene rings is 1. The monoisotopic (exact) mass is 197 g/mol. The lowest BCUT2D eigenvalue weighted by Gasteiger charge is -2.18. The van der Waals surface area contributed by atoms with Gasteiger partial charge in [-0.1, -0.05) is 18.2 Å². The SMILES string of the molecule is [CH2]C(C)(C)S(=O)(=O)c1ccccc1. The average molecular weight is 197 g/mol. The molecule has 0 aliphatic carbocycles. The normalized spacial score (nSPS) is 12.8. The van der Waals surface area contributed by atoms with Crippen molar-refractivity contribution < 1.29 is 8.42 Å². The van der Waals surface area contributed by atoms with Gasteiger partial charge in [-0.3, -0.25) is 0 Å². The fourth-order valence-electron chi connectivity index (χ4n) is 0.919. The summed E-state index contributed by atoms with van der Waals surface area (Å²) >= 11 is 0. The molecule has 0 heterocycles. The van der Waals surface area contributed by atoms with Gasteiger partial charge in [0.15, 0.2) is 9.84 Å². The van der Waals surface area contributed by atoms with E-state index in [1.165, 1.54) is 0 Å². The molecule has 0 bridgehead atoms. The minimum atomic E-state index is -3.29. The van der Waals surface area contributed by atoms with E-state index in [9.17, 15) is 8.42 Å². The van der Waals surface area contributed by atoms with Gasteiger partial charge in [-0.2, -0.15) is 0 Å². The van der Waals surface area contributed by atoms with Crippen LogP contribution in [0.1, 0.15) is 13.8 Å². The summed E-state index contributed by atoms with van der Waals surface area (Å²) in [5, 5.41) is 0. The Kier molecular flexibility index (Phi) is 2.48. The van der Waals surface area contributed by atoms with Crippen LogP contribution in [0, 0.1) is 6.92 Å². The third-order valence-corrected chi connectivity index (χ3v) is 4.13. The predicted octanol–water partition coefficient (Wildman–Crippen LogP) is 2.07. The van der Waals surface area contributed by atoms with E-state index in [0.29, 0.717) is 4.90 Å². The molecule has 0 saturated heterocycles. The molecule has 3 heteroatoms. The Morgan fingerprint density at radius 3 is 2.00 bits per heavy atom. The number of rotatable bonds is 2.